The van der Waals surface area contributed by atoms with Gasteiger partial charge in [0.2, 0.25) is 0 Å². The number of carbonyl (C=O) groups is 1. The smallest absolute Gasteiger partial charge is 0.305 e. The summed E-state index contributed by atoms with van der Waals surface area (Å²) in [5.74, 6) is -0.304. The summed E-state index contributed by atoms with van der Waals surface area (Å²) in [6, 6.07) is 0. The Balaban J connectivity index is 1.84. The first-order chi connectivity index (χ1) is 11.5. The first-order valence-electron chi connectivity index (χ1n) is 9.33. The molecule has 0 bridgehead atoms. The molecule has 2 atom stereocenters. The normalized spacial score (nSPS) is 23.5. The molecule has 0 saturated carbocycles. The zero-order chi connectivity index (χ0) is 17.7. The monoisotopic (exact) mass is 363 g/mol. The van der Waals surface area contributed by atoms with Crippen molar-refractivity contribution in [3.8, 4) is 0 Å². The van der Waals surface area contributed by atoms with Gasteiger partial charge in [0.05, 0.1) is 6.61 Å². The van der Waals surface area contributed by atoms with E-state index in [-0.39, 0.29) is 19.2 Å². The van der Waals surface area contributed by atoms with Crippen LogP contribution in [0.4, 0.5) is 0 Å². The summed E-state index contributed by atoms with van der Waals surface area (Å²) in [5.41, 5.74) is 0. The fourth-order valence-electron chi connectivity index (χ4n) is 2.69. The summed E-state index contributed by atoms with van der Waals surface area (Å²) in [7, 11) is -4.15. The Bertz CT molecular complexity index is 387. The number of phosphoric ester groups is 1. The van der Waals surface area contributed by atoms with E-state index < -0.39 is 13.9 Å². The van der Waals surface area contributed by atoms with Crippen LogP contribution in [0.2, 0.25) is 0 Å². The minimum atomic E-state index is -4.15. The number of carbonyl (C=O) groups excluding carboxylic acids is 1. The molecule has 1 unspecified atom stereocenters. The van der Waals surface area contributed by atoms with Gasteiger partial charge in [-0.3, -0.25) is 9.36 Å². The molecule has 1 aliphatic heterocycles. The van der Waals surface area contributed by atoms with Crippen molar-refractivity contribution in [1.29, 1.82) is 0 Å². The summed E-state index contributed by atoms with van der Waals surface area (Å²) >= 11 is 0. The highest BCUT2D eigenvalue weighted by molar-refractivity contribution is 7.46. The summed E-state index contributed by atoms with van der Waals surface area (Å²) < 4.78 is 25.0. The zero-order valence-corrected chi connectivity index (χ0v) is 15.8. The molecule has 1 heterocycles. The average molecular weight is 363 g/mol. The summed E-state index contributed by atoms with van der Waals surface area (Å²) in [5, 5.41) is 0. The molecule has 142 valence electrons. The van der Waals surface area contributed by atoms with Crippen LogP contribution >= 0.6 is 7.82 Å². The van der Waals surface area contributed by atoms with Crippen LogP contribution in [0.1, 0.15) is 84.0 Å². The van der Waals surface area contributed by atoms with Gasteiger partial charge in [-0.1, -0.05) is 71.1 Å². The maximum absolute atomic E-state index is 11.6. The largest absolute Gasteiger partial charge is 0.756 e. The summed E-state index contributed by atoms with van der Waals surface area (Å²) in [6.07, 6.45) is 13.2. The Morgan fingerprint density at radius 2 is 1.58 bits per heavy atom. The minimum absolute atomic E-state index is 0.0664. The molecule has 0 N–H and O–H groups in total. The lowest BCUT2D eigenvalue weighted by atomic mass is 10.1. The first kappa shape index (κ1) is 21.6. The van der Waals surface area contributed by atoms with E-state index in [2.05, 4.69) is 16.0 Å². The maximum atomic E-state index is 11.6. The number of esters is 1. The molecule has 7 heteroatoms. The van der Waals surface area contributed by atoms with E-state index in [0.717, 1.165) is 19.3 Å². The van der Waals surface area contributed by atoms with Gasteiger partial charge in [-0.2, -0.15) is 0 Å². The van der Waals surface area contributed by atoms with E-state index in [1.807, 2.05) is 0 Å². The molecule has 1 rings (SSSR count). The third kappa shape index (κ3) is 11.2. The van der Waals surface area contributed by atoms with Crippen LogP contribution in [-0.4, -0.2) is 25.3 Å². The van der Waals surface area contributed by atoms with Gasteiger partial charge in [0.25, 0.3) is 7.82 Å². The number of hydrogen-bond acceptors (Lipinski definition) is 6. The third-order valence-electron chi connectivity index (χ3n) is 4.11. The van der Waals surface area contributed by atoms with E-state index in [0.29, 0.717) is 6.42 Å². The highest BCUT2D eigenvalue weighted by atomic mass is 31.2. The maximum Gasteiger partial charge on any atom is 0.305 e. The average Bonchev–Trinajstić information content (AvgIpc) is 2.90. The van der Waals surface area contributed by atoms with Crippen LogP contribution in [-0.2, 0) is 23.1 Å². The second kappa shape index (κ2) is 12.9. The van der Waals surface area contributed by atoms with Crippen molar-refractivity contribution < 1.29 is 28.0 Å². The molecule has 0 spiro atoms. The SMILES string of the molecule is CCCCCCCCCCCCCC(=O)OC[C@@H]1COP(=O)([O-])O1. The Morgan fingerprint density at radius 3 is 2.08 bits per heavy atom. The van der Waals surface area contributed by atoms with Crippen molar-refractivity contribution in [3.05, 3.63) is 0 Å². The number of unbranched alkanes of at least 4 members (excludes halogenated alkanes) is 10. The van der Waals surface area contributed by atoms with Crippen molar-refractivity contribution in [2.45, 2.75) is 90.1 Å². The van der Waals surface area contributed by atoms with E-state index in [1.54, 1.807) is 0 Å². The van der Waals surface area contributed by atoms with Gasteiger partial charge in [0.1, 0.15) is 12.7 Å². The van der Waals surface area contributed by atoms with E-state index in [4.69, 9.17) is 4.74 Å². The molecule has 1 saturated heterocycles. The van der Waals surface area contributed by atoms with Gasteiger partial charge in [-0.25, -0.2) is 0 Å². The van der Waals surface area contributed by atoms with Crippen molar-refractivity contribution >= 4 is 13.8 Å². The first-order valence-corrected chi connectivity index (χ1v) is 10.8. The topological polar surface area (TPSA) is 84.9 Å². The van der Waals surface area contributed by atoms with Crippen LogP contribution in [0.5, 0.6) is 0 Å². The molecule has 0 aromatic carbocycles. The zero-order valence-electron chi connectivity index (χ0n) is 14.9. The highest BCUT2D eigenvalue weighted by Gasteiger charge is 2.28. The number of phosphoric acid groups is 1. The van der Waals surface area contributed by atoms with Crippen LogP contribution in [0, 0.1) is 0 Å². The van der Waals surface area contributed by atoms with Crippen LogP contribution < -0.4 is 4.89 Å². The van der Waals surface area contributed by atoms with Crippen molar-refractivity contribution in [2.75, 3.05) is 13.2 Å². The van der Waals surface area contributed by atoms with Crippen LogP contribution in [0.25, 0.3) is 0 Å². The Hall–Kier alpha value is -0.420. The Labute approximate surface area is 145 Å². The molecule has 6 nitrogen and oxygen atoms in total. The molecule has 0 aliphatic carbocycles. The fourth-order valence-corrected chi connectivity index (χ4v) is 3.58. The van der Waals surface area contributed by atoms with Gasteiger partial charge < -0.3 is 18.7 Å². The van der Waals surface area contributed by atoms with Crippen molar-refractivity contribution in [1.82, 2.24) is 0 Å². The molecular formula is C17H32O6P-. The van der Waals surface area contributed by atoms with Crippen molar-refractivity contribution in [3.63, 3.8) is 0 Å². The molecule has 1 fully saturated rings. The van der Waals surface area contributed by atoms with Gasteiger partial charge in [-0.15, -0.1) is 0 Å². The second-order valence-corrected chi connectivity index (χ2v) is 7.80. The summed E-state index contributed by atoms with van der Waals surface area (Å²) in [4.78, 5) is 22.5. The number of ether oxygens (including phenoxy) is 1. The van der Waals surface area contributed by atoms with Gasteiger partial charge in [0, 0.05) is 6.42 Å². The predicted octanol–water partition coefficient (Wildman–Crippen LogP) is 4.11. The Kier molecular flexibility index (Phi) is 11.6. The second-order valence-electron chi connectivity index (χ2n) is 6.44. The van der Waals surface area contributed by atoms with Gasteiger partial charge >= 0.3 is 5.97 Å². The van der Waals surface area contributed by atoms with E-state index in [9.17, 15) is 14.3 Å². The standard InChI is InChI=1S/C17H33O6P/c1-2-3-4-5-6-7-8-9-10-11-12-13-17(18)21-14-16-15-22-24(19,20)23-16/h16H,2-15H2,1H3,(H,19,20)/p-1/t16-/m1/s1. The van der Waals surface area contributed by atoms with E-state index in [1.165, 1.54) is 51.4 Å². The molecular weight excluding hydrogens is 331 g/mol. The highest BCUT2D eigenvalue weighted by Crippen LogP contribution is 2.45. The molecule has 0 aromatic rings. The lowest BCUT2D eigenvalue weighted by Crippen LogP contribution is -2.20. The predicted molar refractivity (Wildman–Crippen MR) is 90.5 cm³/mol. The van der Waals surface area contributed by atoms with Crippen molar-refractivity contribution in [2.24, 2.45) is 0 Å². The van der Waals surface area contributed by atoms with Crippen LogP contribution in [0.3, 0.4) is 0 Å². The Morgan fingerprint density at radius 1 is 1.04 bits per heavy atom. The molecule has 24 heavy (non-hydrogen) atoms. The molecule has 0 amide bonds. The molecule has 0 aromatic heterocycles. The number of rotatable bonds is 14. The van der Waals surface area contributed by atoms with Gasteiger partial charge in [-0.05, 0) is 6.42 Å². The van der Waals surface area contributed by atoms with Crippen LogP contribution in [0.15, 0.2) is 0 Å². The lowest BCUT2D eigenvalue weighted by molar-refractivity contribution is -0.215. The minimum Gasteiger partial charge on any atom is -0.756 e. The fraction of sp³-hybridized carbons (Fsp3) is 0.941. The summed E-state index contributed by atoms with van der Waals surface area (Å²) in [6.45, 7) is 2.09. The van der Waals surface area contributed by atoms with Gasteiger partial charge in [0.15, 0.2) is 0 Å². The quantitative estimate of drug-likeness (QED) is 0.262. The third-order valence-corrected chi connectivity index (χ3v) is 5.13. The lowest BCUT2D eigenvalue weighted by Gasteiger charge is -2.14. The van der Waals surface area contributed by atoms with E-state index >= 15 is 0 Å². The number of hydrogen-bond donors (Lipinski definition) is 0. The molecule has 0 radical (unpaired) electrons. The molecule has 1 aliphatic rings.